The molecule has 0 unspecified atom stereocenters. The average molecular weight is 417 g/mol. The standard InChI is InChI=1S/C13H18N2O.C8H7BrO/c1-11(16)12-3-5-13(6-4-12)15-9-7-14(2)8-10-15;1-6(10)7-2-4-8(9)5-3-7/h3-6H,7-10H2,1-2H3;2-5H,1H3. The monoisotopic (exact) mass is 416 g/mol. The number of nitrogens with zero attached hydrogens (tertiary/aromatic N) is 2. The molecule has 4 nitrogen and oxygen atoms in total. The number of benzene rings is 2. The van der Waals surface area contributed by atoms with Crippen LogP contribution in [0, 0.1) is 0 Å². The molecular weight excluding hydrogens is 392 g/mol. The number of rotatable bonds is 3. The normalized spacial score (nSPS) is 14.4. The van der Waals surface area contributed by atoms with Gasteiger partial charge in [0.25, 0.3) is 0 Å². The van der Waals surface area contributed by atoms with Gasteiger partial charge in [-0.1, -0.05) is 28.1 Å². The van der Waals surface area contributed by atoms with Crippen LogP contribution in [0.25, 0.3) is 0 Å². The Bertz CT molecular complexity index is 734. The molecule has 1 saturated heterocycles. The number of anilines is 1. The molecule has 0 N–H and O–H groups in total. The van der Waals surface area contributed by atoms with E-state index in [1.807, 2.05) is 36.4 Å². The molecule has 1 heterocycles. The molecule has 1 fully saturated rings. The zero-order valence-corrected chi connectivity index (χ0v) is 17.1. The van der Waals surface area contributed by atoms with E-state index in [1.54, 1.807) is 26.0 Å². The summed E-state index contributed by atoms with van der Waals surface area (Å²) in [5.74, 6) is 0.234. The Labute approximate surface area is 163 Å². The van der Waals surface area contributed by atoms with Crippen LogP contribution in [0.2, 0.25) is 0 Å². The molecule has 0 amide bonds. The van der Waals surface area contributed by atoms with Crippen molar-refractivity contribution >= 4 is 33.2 Å². The molecule has 0 atom stereocenters. The Kier molecular flexibility index (Phi) is 7.54. The predicted molar refractivity (Wildman–Crippen MR) is 110 cm³/mol. The second-order valence-corrected chi connectivity index (χ2v) is 7.37. The van der Waals surface area contributed by atoms with Gasteiger partial charge in [-0.05, 0) is 57.3 Å². The largest absolute Gasteiger partial charge is 0.369 e. The third-order valence-corrected chi connectivity index (χ3v) is 4.92. The highest BCUT2D eigenvalue weighted by Gasteiger charge is 2.14. The topological polar surface area (TPSA) is 40.6 Å². The number of hydrogen-bond donors (Lipinski definition) is 0. The first-order chi connectivity index (χ1) is 12.4. The molecule has 2 aromatic carbocycles. The number of ketones is 2. The van der Waals surface area contributed by atoms with Crippen molar-refractivity contribution in [1.29, 1.82) is 0 Å². The molecule has 0 radical (unpaired) electrons. The molecule has 2 aromatic rings. The van der Waals surface area contributed by atoms with Crippen LogP contribution in [-0.4, -0.2) is 49.7 Å². The predicted octanol–water partition coefficient (Wildman–Crippen LogP) is 4.29. The SMILES string of the molecule is CC(=O)c1ccc(Br)cc1.CC(=O)c1ccc(N2CCN(C)CC2)cc1. The van der Waals surface area contributed by atoms with E-state index in [4.69, 9.17) is 0 Å². The van der Waals surface area contributed by atoms with Gasteiger partial charge in [-0.15, -0.1) is 0 Å². The molecule has 26 heavy (non-hydrogen) atoms. The number of hydrogen-bond acceptors (Lipinski definition) is 4. The van der Waals surface area contributed by atoms with Crippen molar-refractivity contribution < 1.29 is 9.59 Å². The summed E-state index contributed by atoms with van der Waals surface area (Å²) in [5.41, 5.74) is 2.76. The highest BCUT2D eigenvalue weighted by Crippen LogP contribution is 2.17. The van der Waals surface area contributed by atoms with E-state index >= 15 is 0 Å². The summed E-state index contributed by atoms with van der Waals surface area (Å²) in [7, 11) is 2.15. The van der Waals surface area contributed by atoms with Gasteiger partial charge in [-0.2, -0.15) is 0 Å². The zero-order valence-electron chi connectivity index (χ0n) is 15.5. The first-order valence-corrected chi connectivity index (χ1v) is 9.47. The van der Waals surface area contributed by atoms with Crippen LogP contribution in [0.5, 0.6) is 0 Å². The van der Waals surface area contributed by atoms with Crippen LogP contribution in [0.1, 0.15) is 34.6 Å². The van der Waals surface area contributed by atoms with Gasteiger partial charge in [-0.25, -0.2) is 0 Å². The second kappa shape index (κ2) is 9.64. The van der Waals surface area contributed by atoms with Crippen LogP contribution < -0.4 is 4.90 Å². The van der Waals surface area contributed by atoms with Crippen molar-refractivity contribution in [3.63, 3.8) is 0 Å². The van der Waals surface area contributed by atoms with Gasteiger partial charge in [0.1, 0.15) is 0 Å². The van der Waals surface area contributed by atoms with Crippen LogP contribution in [-0.2, 0) is 0 Å². The lowest BCUT2D eigenvalue weighted by molar-refractivity contribution is 0.100. The van der Waals surface area contributed by atoms with E-state index < -0.39 is 0 Å². The molecule has 0 saturated carbocycles. The van der Waals surface area contributed by atoms with E-state index in [2.05, 4.69) is 32.8 Å². The lowest BCUT2D eigenvalue weighted by Gasteiger charge is -2.34. The quantitative estimate of drug-likeness (QED) is 0.699. The van der Waals surface area contributed by atoms with Crippen LogP contribution in [0.4, 0.5) is 5.69 Å². The summed E-state index contributed by atoms with van der Waals surface area (Å²) in [5, 5.41) is 0. The van der Waals surface area contributed by atoms with Gasteiger partial charge in [0.2, 0.25) is 0 Å². The number of carbonyl (C=O) groups is 2. The minimum atomic E-state index is 0.104. The first kappa shape index (κ1) is 20.3. The Morgan fingerprint density at radius 3 is 1.62 bits per heavy atom. The zero-order chi connectivity index (χ0) is 19.1. The Hall–Kier alpha value is -1.98. The van der Waals surface area contributed by atoms with Crippen molar-refractivity contribution in [2.75, 3.05) is 38.1 Å². The molecule has 138 valence electrons. The number of carbonyl (C=O) groups excluding carboxylic acids is 2. The molecule has 3 rings (SSSR count). The van der Waals surface area contributed by atoms with Gasteiger partial charge >= 0.3 is 0 Å². The molecule has 0 aromatic heterocycles. The fourth-order valence-corrected chi connectivity index (χ4v) is 2.92. The molecule has 0 spiro atoms. The van der Waals surface area contributed by atoms with Gasteiger partial charge in [0, 0.05) is 47.5 Å². The maximum absolute atomic E-state index is 11.2. The van der Waals surface area contributed by atoms with Crippen LogP contribution in [0.15, 0.2) is 53.0 Å². The summed E-state index contributed by atoms with van der Waals surface area (Å²) in [6, 6.07) is 15.2. The summed E-state index contributed by atoms with van der Waals surface area (Å²) in [4.78, 5) is 26.6. The lowest BCUT2D eigenvalue weighted by atomic mass is 10.1. The minimum absolute atomic E-state index is 0.104. The van der Waals surface area contributed by atoms with Crippen molar-refractivity contribution in [1.82, 2.24) is 4.90 Å². The van der Waals surface area contributed by atoms with Crippen LogP contribution in [0.3, 0.4) is 0 Å². The molecular formula is C21H25BrN2O2. The molecule has 1 aliphatic heterocycles. The van der Waals surface area contributed by atoms with Gasteiger partial charge in [-0.3, -0.25) is 9.59 Å². The smallest absolute Gasteiger partial charge is 0.159 e. The molecule has 5 heteroatoms. The van der Waals surface area contributed by atoms with Crippen LogP contribution >= 0.6 is 15.9 Å². The van der Waals surface area contributed by atoms with Gasteiger partial charge < -0.3 is 9.80 Å². The van der Waals surface area contributed by atoms with Crippen molar-refractivity contribution in [2.45, 2.75) is 13.8 Å². The third kappa shape index (κ3) is 6.07. The first-order valence-electron chi connectivity index (χ1n) is 8.68. The number of piperazine rings is 1. The van der Waals surface area contributed by atoms with Crippen molar-refractivity contribution in [2.24, 2.45) is 0 Å². The second-order valence-electron chi connectivity index (χ2n) is 6.46. The Balaban J connectivity index is 0.000000209. The average Bonchev–Trinajstić information content (AvgIpc) is 2.63. The maximum atomic E-state index is 11.2. The fourth-order valence-electron chi connectivity index (χ4n) is 2.66. The minimum Gasteiger partial charge on any atom is -0.369 e. The maximum Gasteiger partial charge on any atom is 0.159 e. The third-order valence-electron chi connectivity index (χ3n) is 4.39. The summed E-state index contributed by atoms with van der Waals surface area (Å²) < 4.78 is 0.998. The number of Topliss-reactive ketones (excluding diaryl/α,β-unsaturated/α-hetero) is 2. The summed E-state index contributed by atoms with van der Waals surface area (Å²) >= 11 is 3.28. The highest BCUT2D eigenvalue weighted by molar-refractivity contribution is 9.10. The number of likely N-dealkylation sites (N-methyl/N-ethyl adjacent to an activating group) is 1. The van der Waals surface area contributed by atoms with E-state index in [1.165, 1.54) is 5.69 Å². The highest BCUT2D eigenvalue weighted by atomic mass is 79.9. The van der Waals surface area contributed by atoms with Gasteiger partial charge in [0.05, 0.1) is 0 Å². The van der Waals surface area contributed by atoms with E-state index in [9.17, 15) is 9.59 Å². The Morgan fingerprint density at radius 2 is 1.19 bits per heavy atom. The summed E-state index contributed by atoms with van der Waals surface area (Å²) in [6.07, 6.45) is 0. The van der Waals surface area contributed by atoms with E-state index in [0.29, 0.717) is 0 Å². The fraction of sp³-hybridized carbons (Fsp3) is 0.333. The Morgan fingerprint density at radius 1 is 0.769 bits per heavy atom. The van der Waals surface area contributed by atoms with E-state index in [0.717, 1.165) is 41.8 Å². The molecule has 0 bridgehead atoms. The van der Waals surface area contributed by atoms with Gasteiger partial charge in [0.15, 0.2) is 11.6 Å². The van der Waals surface area contributed by atoms with Crippen molar-refractivity contribution in [3.05, 3.63) is 64.1 Å². The number of halogens is 1. The van der Waals surface area contributed by atoms with E-state index in [-0.39, 0.29) is 11.6 Å². The van der Waals surface area contributed by atoms with Crippen molar-refractivity contribution in [3.8, 4) is 0 Å². The summed E-state index contributed by atoms with van der Waals surface area (Å²) in [6.45, 7) is 7.50. The molecule has 0 aliphatic carbocycles. The molecule has 1 aliphatic rings. The lowest BCUT2D eigenvalue weighted by Crippen LogP contribution is -2.44.